The molecule has 0 spiro atoms. The zero-order chi connectivity index (χ0) is 15.4. The highest BCUT2D eigenvalue weighted by Gasteiger charge is 2.07. The summed E-state index contributed by atoms with van der Waals surface area (Å²) in [4.78, 5) is 12.1. The molecule has 0 heterocycles. The Balaban J connectivity index is 2.08. The number of amides is 2. The van der Waals surface area contributed by atoms with Gasteiger partial charge in [-0.25, -0.2) is 4.79 Å². The van der Waals surface area contributed by atoms with Gasteiger partial charge in [0.25, 0.3) is 0 Å². The number of aryl methyl sites for hydroxylation is 3. The number of rotatable bonds is 3. The minimum atomic E-state index is -0.254. The molecule has 4 nitrogen and oxygen atoms in total. The van der Waals surface area contributed by atoms with E-state index in [4.69, 9.17) is 4.74 Å². The molecule has 0 unspecified atom stereocenters. The lowest BCUT2D eigenvalue weighted by molar-refractivity contribution is 0.262. The number of benzene rings is 2. The van der Waals surface area contributed by atoms with Crippen molar-refractivity contribution in [3.63, 3.8) is 0 Å². The lowest BCUT2D eigenvalue weighted by Crippen LogP contribution is -2.20. The average molecular weight is 284 g/mol. The molecule has 110 valence electrons. The fraction of sp³-hybridized carbons (Fsp3) is 0.235. The third-order valence-electron chi connectivity index (χ3n) is 3.31. The van der Waals surface area contributed by atoms with Crippen molar-refractivity contribution in [2.75, 3.05) is 17.7 Å². The second-order valence-electron chi connectivity index (χ2n) is 5.08. The fourth-order valence-corrected chi connectivity index (χ4v) is 2.13. The van der Waals surface area contributed by atoms with Crippen LogP contribution in [0.1, 0.15) is 16.7 Å². The van der Waals surface area contributed by atoms with E-state index in [0.717, 1.165) is 28.3 Å². The second-order valence-corrected chi connectivity index (χ2v) is 5.08. The number of hydrogen-bond acceptors (Lipinski definition) is 2. The molecule has 0 aliphatic heterocycles. The monoisotopic (exact) mass is 284 g/mol. The van der Waals surface area contributed by atoms with Crippen molar-refractivity contribution in [3.05, 3.63) is 53.1 Å². The van der Waals surface area contributed by atoms with Crippen LogP contribution >= 0.6 is 0 Å². The summed E-state index contributed by atoms with van der Waals surface area (Å²) in [5.41, 5.74) is 4.73. The Morgan fingerprint density at radius 1 is 0.905 bits per heavy atom. The van der Waals surface area contributed by atoms with Crippen LogP contribution in [0.4, 0.5) is 16.2 Å². The number of carbonyl (C=O) groups is 1. The molecule has 2 aromatic rings. The van der Waals surface area contributed by atoms with E-state index in [9.17, 15) is 4.79 Å². The van der Waals surface area contributed by atoms with Gasteiger partial charge in [-0.15, -0.1) is 0 Å². The maximum Gasteiger partial charge on any atom is 0.323 e. The smallest absolute Gasteiger partial charge is 0.323 e. The Hall–Kier alpha value is -2.49. The topological polar surface area (TPSA) is 50.4 Å². The van der Waals surface area contributed by atoms with E-state index in [2.05, 4.69) is 10.6 Å². The average Bonchev–Trinajstić information content (AvgIpc) is 2.44. The third-order valence-corrected chi connectivity index (χ3v) is 3.31. The zero-order valence-electron chi connectivity index (χ0n) is 12.8. The fourth-order valence-electron chi connectivity index (χ4n) is 2.13. The first-order valence-electron chi connectivity index (χ1n) is 6.79. The van der Waals surface area contributed by atoms with Crippen molar-refractivity contribution in [1.82, 2.24) is 0 Å². The number of methoxy groups -OCH3 is 1. The second kappa shape index (κ2) is 6.31. The molecule has 0 aromatic heterocycles. The molecule has 21 heavy (non-hydrogen) atoms. The summed E-state index contributed by atoms with van der Waals surface area (Å²) in [7, 11) is 1.62. The number of urea groups is 1. The first kappa shape index (κ1) is 14.9. The molecule has 2 rings (SSSR count). The number of carbonyl (C=O) groups excluding carboxylic acids is 1. The lowest BCUT2D eigenvalue weighted by Gasteiger charge is -2.12. The highest BCUT2D eigenvalue weighted by atomic mass is 16.5. The lowest BCUT2D eigenvalue weighted by atomic mass is 10.1. The molecule has 0 atom stereocenters. The van der Waals surface area contributed by atoms with Gasteiger partial charge in [0.2, 0.25) is 0 Å². The molecular weight excluding hydrogens is 264 g/mol. The molecule has 0 bridgehead atoms. The van der Waals surface area contributed by atoms with E-state index in [1.807, 2.05) is 57.2 Å². The molecule has 2 aromatic carbocycles. The van der Waals surface area contributed by atoms with Crippen LogP contribution in [0.3, 0.4) is 0 Å². The molecule has 2 N–H and O–H groups in total. The summed E-state index contributed by atoms with van der Waals surface area (Å²) in [6, 6.07) is 11.2. The number of anilines is 2. The van der Waals surface area contributed by atoms with Crippen LogP contribution in [0, 0.1) is 20.8 Å². The Bertz CT molecular complexity index is 666. The normalized spacial score (nSPS) is 10.1. The van der Waals surface area contributed by atoms with Gasteiger partial charge in [0.05, 0.1) is 7.11 Å². The Morgan fingerprint density at radius 2 is 1.48 bits per heavy atom. The first-order chi connectivity index (χ1) is 9.99. The summed E-state index contributed by atoms with van der Waals surface area (Å²) >= 11 is 0. The van der Waals surface area contributed by atoms with E-state index in [1.165, 1.54) is 5.56 Å². The predicted molar refractivity (Wildman–Crippen MR) is 86.3 cm³/mol. The van der Waals surface area contributed by atoms with Crippen LogP contribution in [0.15, 0.2) is 36.4 Å². The van der Waals surface area contributed by atoms with Crippen molar-refractivity contribution in [3.8, 4) is 5.75 Å². The standard InChI is InChI=1S/C17H20N2O2/c1-11-5-7-15(12(2)9-11)18-17(20)19-16-8-6-14(21-4)10-13(16)3/h5-10H,1-4H3,(H2,18,19,20). The highest BCUT2D eigenvalue weighted by Crippen LogP contribution is 2.22. The minimum Gasteiger partial charge on any atom is -0.497 e. The van der Waals surface area contributed by atoms with E-state index in [-0.39, 0.29) is 6.03 Å². The SMILES string of the molecule is COc1ccc(NC(=O)Nc2ccc(C)cc2C)c(C)c1. The summed E-state index contributed by atoms with van der Waals surface area (Å²) < 4.78 is 5.15. The maximum atomic E-state index is 12.1. The Morgan fingerprint density at radius 3 is 2.00 bits per heavy atom. The van der Waals surface area contributed by atoms with E-state index < -0.39 is 0 Å². The number of nitrogens with one attached hydrogen (secondary N) is 2. The van der Waals surface area contributed by atoms with E-state index >= 15 is 0 Å². The van der Waals surface area contributed by atoms with Crippen LogP contribution in [0.2, 0.25) is 0 Å². The van der Waals surface area contributed by atoms with Crippen molar-refractivity contribution >= 4 is 17.4 Å². The molecule has 2 amide bonds. The quantitative estimate of drug-likeness (QED) is 0.884. The van der Waals surface area contributed by atoms with Crippen molar-refractivity contribution in [2.45, 2.75) is 20.8 Å². The maximum absolute atomic E-state index is 12.1. The molecule has 0 saturated carbocycles. The van der Waals surface area contributed by atoms with Crippen molar-refractivity contribution in [2.24, 2.45) is 0 Å². The number of hydrogen-bond donors (Lipinski definition) is 2. The molecule has 0 aliphatic carbocycles. The van der Waals surface area contributed by atoms with Crippen LogP contribution in [-0.4, -0.2) is 13.1 Å². The van der Waals surface area contributed by atoms with Gasteiger partial charge in [0.1, 0.15) is 5.75 Å². The molecule has 0 fully saturated rings. The Labute approximate surface area is 125 Å². The molecule has 4 heteroatoms. The van der Waals surface area contributed by atoms with Crippen molar-refractivity contribution < 1.29 is 9.53 Å². The Kier molecular flexibility index (Phi) is 4.48. The zero-order valence-corrected chi connectivity index (χ0v) is 12.8. The van der Waals surface area contributed by atoms with Gasteiger partial charge >= 0.3 is 6.03 Å². The van der Waals surface area contributed by atoms with Crippen molar-refractivity contribution in [1.29, 1.82) is 0 Å². The van der Waals surface area contributed by atoms with Gasteiger partial charge < -0.3 is 15.4 Å². The van der Waals surface area contributed by atoms with Crippen LogP contribution in [0.25, 0.3) is 0 Å². The van der Waals surface area contributed by atoms with Gasteiger partial charge in [0, 0.05) is 11.4 Å². The summed E-state index contributed by atoms with van der Waals surface area (Å²) in [6.07, 6.45) is 0. The molecule has 0 radical (unpaired) electrons. The van der Waals surface area contributed by atoms with Gasteiger partial charge in [-0.1, -0.05) is 17.7 Å². The van der Waals surface area contributed by atoms with Gasteiger partial charge in [0.15, 0.2) is 0 Å². The van der Waals surface area contributed by atoms with Crippen LogP contribution < -0.4 is 15.4 Å². The predicted octanol–water partition coefficient (Wildman–Crippen LogP) is 4.26. The molecule has 0 saturated heterocycles. The van der Waals surface area contributed by atoms with Crippen LogP contribution in [0.5, 0.6) is 5.75 Å². The summed E-state index contributed by atoms with van der Waals surface area (Å²) in [5, 5.41) is 5.71. The third kappa shape index (κ3) is 3.75. The highest BCUT2D eigenvalue weighted by molar-refractivity contribution is 6.00. The van der Waals surface area contributed by atoms with E-state index in [0.29, 0.717) is 0 Å². The summed E-state index contributed by atoms with van der Waals surface area (Å²) in [5.74, 6) is 0.771. The van der Waals surface area contributed by atoms with Gasteiger partial charge in [-0.3, -0.25) is 0 Å². The summed E-state index contributed by atoms with van der Waals surface area (Å²) in [6.45, 7) is 5.92. The van der Waals surface area contributed by atoms with Crippen LogP contribution in [-0.2, 0) is 0 Å². The first-order valence-corrected chi connectivity index (χ1v) is 6.79. The number of ether oxygens (including phenoxy) is 1. The van der Waals surface area contributed by atoms with Gasteiger partial charge in [-0.2, -0.15) is 0 Å². The molecular formula is C17H20N2O2. The largest absolute Gasteiger partial charge is 0.497 e. The minimum absolute atomic E-state index is 0.254. The van der Waals surface area contributed by atoms with E-state index in [1.54, 1.807) is 7.11 Å². The van der Waals surface area contributed by atoms with Gasteiger partial charge in [-0.05, 0) is 56.2 Å². The molecule has 0 aliphatic rings.